The van der Waals surface area contributed by atoms with E-state index < -0.39 is 5.91 Å². The first-order valence-electron chi connectivity index (χ1n) is 4.61. The van der Waals surface area contributed by atoms with E-state index >= 15 is 0 Å². The predicted octanol–water partition coefficient (Wildman–Crippen LogP) is 0.242. The van der Waals surface area contributed by atoms with Crippen molar-refractivity contribution < 1.29 is 4.79 Å². The zero-order valence-corrected chi connectivity index (χ0v) is 9.01. The van der Waals surface area contributed by atoms with Crippen molar-refractivity contribution >= 4 is 29.7 Å². The number of rotatable bonds is 1. The summed E-state index contributed by atoms with van der Waals surface area (Å²) in [5.41, 5.74) is 6.66. The van der Waals surface area contributed by atoms with E-state index in [1.165, 1.54) is 0 Å². The van der Waals surface area contributed by atoms with Gasteiger partial charge in [-0.1, -0.05) is 17.7 Å². The van der Waals surface area contributed by atoms with E-state index in [4.69, 9.17) is 17.3 Å². The number of fused-ring (bicyclic) bond motifs is 1. The van der Waals surface area contributed by atoms with E-state index in [0.717, 1.165) is 16.1 Å². The number of halogens is 1. The number of amides is 1. The molecule has 1 atom stereocenters. The molecule has 0 fully saturated rings. The van der Waals surface area contributed by atoms with Gasteiger partial charge in [-0.05, 0) is 24.3 Å². The first-order valence-corrected chi connectivity index (χ1v) is 5.05. The smallest absolute Gasteiger partial charge is 0.265 e. The van der Waals surface area contributed by atoms with Gasteiger partial charge < -0.3 is 10.7 Å². The van der Waals surface area contributed by atoms with Crippen LogP contribution in [0.15, 0.2) is 17.7 Å². The van der Waals surface area contributed by atoms with Crippen LogP contribution in [0.2, 0.25) is 0 Å². The van der Waals surface area contributed by atoms with Crippen LogP contribution in [-0.2, 0) is 0 Å². The lowest BCUT2D eigenvalue weighted by molar-refractivity contribution is 0.0996. The summed E-state index contributed by atoms with van der Waals surface area (Å²) in [5, 5.41) is 1.64. The number of carbonyl (C=O) groups excluding carboxylic acids is 1. The van der Waals surface area contributed by atoms with Crippen LogP contribution >= 0.6 is 11.6 Å². The summed E-state index contributed by atoms with van der Waals surface area (Å²) in [6, 6.07) is 1.72. The van der Waals surface area contributed by atoms with E-state index in [1.54, 1.807) is 6.07 Å². The Labute approximate surface area is 91.9 Å². The molecule has 78 valence electrons. The molecule has 1 aromatic heterocycles. The molecule has 4 heteroatoms. The highest BCUT2D eigenvalue weighted by atomic mass is 35.5. The number of hydrogen-bond acceptors (Lipinski definition) is 1. The monoisotopic (exact) mass is 222 g/mol. The highest BCUT2D eigenvalue weighted by Gasteiger charge is 2.06. The number of nitrogens with one attached hydrogen (secondary N) is 1. The third kappa shape index (κ3) is 1.97. The van der Waals surface area contributed by atoms with Gasteiger partial charge in [0.2, 0.25) is 0 Å². The SMILES string of the molecule is CC1=CC(Cl)C=c2cc(C(N)=O)[nH]c2=C1. The topological polar surface area (TPSA) is 58.9 Å². The molecule has 0 saturated heterocycles. The third-order valence-electron chi connectivity index (χ3n) is 2.28. The van der Waals surface area contributed by atoms with Crippen LogP contribution in [0.5, 0.6) is 0 Å². The standard InChI is InChI=1S/C11H11ClN2O/c1-6-2-8(12)4-7-5-10(11(13)15)14-9(7)3-6/h2-5,8,14H,1H3,(H2,13,15). The van der Waals surface area contributed by atoms with Crippen LogP contribution in [0.25, 0.3) is 12.2 Å². The van der Waals surface area contributed by atoms with Gasteiger partial charge in [0, 0.05) is 5.35 Å². The Hall–Kier alpha value is -1.48. The molecule has 3 N–H and O–H groups in total. The molecule has 0 bridgehead atoms. The van der Waals surface area contributed by atoms with E-state index in [9.17, 15) is 4.79 Å². The first-order chi connectivity index (χ1) is 7.06. The van der Waals surface area contributed by atoms with Crippen molar-refractivity contribution in [3.8, 4) is 0 Å². The quantitative estimate of drug-likeness (QED) is 0.658. The molecule has 0 aromatic carbocycles. The molecular formula is C11H11ClN2O. The Morgan fingerprint density at radius 2 is 2.27 bits per heavy atom. The summed E-state index contributed by atoms with van der Waals surface area (Å²) < 4.78 is 0. The second-order valence-corrected chi connectivity index (χ2v) is 4.09. The molecule has 1 aromatic rings. The third-order valence-corrected chi connectivity index (χ3v) is 2.53. The Morgan fingerprint density at radius 3 is 2.93 bits per heavy atom. The highest BCUT2D eigenvalue weighted by Crippen LogP contribution is 2.07. The summed E-state index contributed by atoms with van der Waals surface area (Å²) in [6.07, 6.45) is 5.77. The number of alkyl halides is 1. The van der Waals surface area contributed by atoms with Gasteiger partial charge >= 0.3 is 0 Å². The molecule has 0 aliphatic heterocycles. The van der Waals surface area contributed by atoms with Crippen LogP contribution in [0.3, 0.4) is 0 Å². The number of hydrogen-bond donors (Lipinski definition) is 2. The fraction of sp³-hybridized carbons (Fsp3) is 0.182. The van der Waals surface area contributed by atoms with Crippen LogP contribution in [-0.4, -0.2) is 16.3 Å². The number of carbonyl (C=O) groups is 1. The molecule has 0 spiro atoms. The van der Waals surface area contributed by atoms with Gasteiger partial charge in [0.05, 0.1) is 5.38 Å². The maximum absolute atomic E-state index is 11.0. The van der Waals surface area contributed by atoms with Crippen LogP contribution in [0.1, 0.15) is 17.4 Å². The Morgan fingerprint density at radius 1 is 1.53 bits per heavy atom. The van der Waals surface area contributed by atoms with Crippen molar-refractivity contribution in [3.05, 3.63) is 34.0 Å². The van der Waals surface area contributed by atoms with E-state index in [2.05, 4.69) is 4.98 Å². The lowest BCUT2D eigenvalue weighted by atomic mass is 10.2. The lowest BCUT2D eigenvalue weighted by Gasteiger charge is -1.93. The number of aromatic amines is 1. The molecule has 1 heterocycles. The highest BCUT2D eigenvalue weighted by molar-refractivity contribution is 6.25. The van der Waals surface area contributed by atoms with Gasteiger partial charge in [-0.2, -0.15) is 0 Å². The molecule has 1 unspecified atom stereocenters. The molecule has 1 aliphatic rings. The molecule has 3 nitrogen and oxygen atoms in total. The van der Waals surface area contributed by atoms with Crippen molar-refractivity contribution in [2.75, 3.05) is 0 Å². The number of allylic oxidation sites excluding steroid dienone is 2. The van der Waals surface area contributed by atoms with Gasteiger partial charge in [0.25, 0.3) is 5.91 Å². The maximum atomic E-state index is 11.0. The van der Waals surface area contributed by atoms with Crippen molar-refractivity contribution in [1.29, 1.82) is 0 Å². The fourth-order valence-electron chi connectivity index (χ4n) is 1.62. The van der Waals surface area contributed by atoms with Gasteiger partial charge in [-0.25, -0.2) is 0 Å². The van der Waals surface area contributed by atoms with Gasteiger partial charge in [-0.3, -0.25) is 4.79 Å². The summed E-state index contributed by atoms with van der Waals surface area (Å²) >= 11 is 6.05. The predicted molar refractivity (Wildman–Crippen MR) is 60.9 cm³/mol. The minimum Gasteiger partial charge on any atom is -0.364 e. The molecule has 1 aliphatic carbocycles. The molecule has 15 heavy (non-hydrogen) atoms. The maximum Gasteiger partial charge on any atom is 0.265 e. The zero-order valence-electron chi connectivity index (χ0n) is 8.25. The molecule has 0 radical (unpaired) electrons. The van der Waals surface area contributed by atoms with Gasteiger partial charge in [0.15, 0.2) is 0 Å². The van der Waals surface area contributed by atoms with Crippen molar-refractivity contribution in [1.82, 2.24) is 4.98 Å². The normalized spacial score (nSPS) is 19.3. The number of H-pyrrole nitrogens is 1. The average molecular weight is 223 g/mol. The van der Waals surface area contributed by atoms with E-state index in [1.807, 2.05) is 25.2 Å². The zero-order chi connectivity index (χ0) is 11.0. The number of aromatic nitrogens is 1. The van der Waals surface area contributed by atoms with E-state index in [0.29, 0.717) is 5.69 Å². The van der Waals surface area contributed by atoms with E-state index in [-0.39, 0.29) is 5.38 Å². The van der Waals surface area contributed by atoms with Gasteiger partial charge in [-0.15, -0.1) is 11.6 Å². The van der Waals surface area contributed by atoms with Gasteiger partial charge in [0.1, 0.15) is 5.69 Å². The molecule has 1 amide bonds. The van der Waals surface area contributed by atoms with Crippen molar-refractivity contribution in [2.24, 2.45) is 5.73 Å². The summed E-state index contributed by atoms with van der Waals surface area (Å²) in [7, 11) is 0. The fourth-order valence-corrected chi connectivity index (χ4v) is 1.96. The Balaban J connectivity index is 2.69. The minimum atomic E-state index is -0.461. The van der Waals surface area contributed by atoms with Crippen LogP contribution < -0.4 is 16.3 Å². The Bertz CT molecular complexity index is 554. The average Bonchev–Trinajstić information content (AvgIpc) is 2.42. The van der Waals surface area contributed by atoms with Crippen LogP contribution in [0.4, 0.5) is 0 Å². The number of primary amides is 1. The van der Waals surface area contributed by atoms with Crippen LogP contribution in [0, 0.1) is 0 Å². The summed E-state index contributed by atoms with van der Waals surface area (Å²) in [6.45, 7) is 1.96. The second kappa shape index (κ2) is 3.59. The second-order valence-electron chi connectivity index (χ2n) is 3.58. The van der Waals surface area contributed by atoms with Crippen molar-refractivity contribution in [2.45, 2.75) is 12.3 Å². The number of nitrogens with two attached hydrogens (primary N) is 1. The summed E-state index contributed by atoms with van der Waals surface area (Å²) in [4.78, 5) is 13.9. The Kier molecular flexibility index (Phi) is 2.40. The summed E-state index contributed by atoms with van der Waals surface area (Å²) in [5.74, 6) is -0.461. The lowest BCUT2D eigenvalue weighted by Crippen LogP contribution is -2.22. The molecule has 0 saturated carbocycles. The minimum absolute atomic E-state index is 0.154. The van der Waals surface area contributed by atoms with Crippen molar-refractivity contribution in [3.63, 3.8) is 0 Å². The first kappa shape index (κ1) is 10.1. The molecule has 2 rings (SSSR count). The largest absolute Gasteiger partial charge is 0.364 e. The molecular weight excluding hydrogens is 212 g/mol.